The normalized spacial score (nSPS) is 10.4. The Balaban J connectivity index is 1.62. The lowest BCUT2D eigenvalue weighted by atomic mass is 10.1. The molecule has 0 heterocycles. The van der Waals surface area contributed by atoms with E-state index in [2.05, 4.69) is 0 Å². The van der Waals surface area contributed by atoms with Gasteiger partial charge in [-0.05, 0) is 35.9 Å². The average molecular weight is 387 g/mol. The summed E-state index contributed by atoms with van der Waals surface area (Å²) in [5, 5.41) is 0.870. The first-order valence-electron chi connectivity index (χ1n) is 8.02. The maximum atomic E-state index is 12.1. The highest BCUT2D eigenvalue weighted by atomic mass is 35.5. The second-order valence-corrected chi connectivity index (χ2v) is 6.42. The van der Waals surface area contributed by atoms with Crippen LogP contribution in [0.15, 0.2) is 72.8 Å². The summed E-state index contributed by atoms with van der Waals surface area (Å²) in [6.45, 7) is 0.128. The summed E-state index contributed by atoms with van der Waals surface area (Å²) in [4.78, 5) is 12.1. The van der Waals surface area contributed by atoms with Crippen molar-refractivity contribution in [3.63, 3.8) is 0 Å². The molecule has 0 amide bonds. The highest BCUT2D eigenvalue weighted by Crippen LogP contribution is 2.26. The smallest absolute Gasteiger partial charge is 0.310 e. The van der Waals surface area contributed by atoms with E-state index in [1.54, 1.807) is 18.2 Å². The first-order chi connectivity index (χ1) is 12.6. The Labute approximate surface area is 162 Å². The Morgan fingerprint density at radius 3 is 2.35 bits per heavy atom. The number of carbonyl (C=O) groups excluding carboxylic acids is 1. The van der Waals surface area contributed by atoms with Gasteiger partial charge in [0, 0.05) is 5.56 Å². The molecule has 0 saturated carbocycles. The van der Waals surface area contributed by atoms with Crippen LogP contribution in [-0.4, -0.2) is 5.97 Å². The monoisotopic (exact) mass is 386 g/mol. The van der Waals surface area contributed by atoms with E-state index in [-0.39, 0.29) is 19.0 Å². The Morgan fingerprint density at radius 1 is 0.846 bits per heavy atom. The van der Waals surface area contributed by atoms with Gasteiger partial charge in [-0.1, -0.05) is 65.7 Å². The van der Waals surface area contributed by atoms with Crippen LogP contribution in [0.25, 0.3) is 0 Å². The molecule has 0 aliphatic heterocycles. The van der Waals surface area contributed by atoms with Gasteiger partial charge in [0.15, 0.2) is 0 Å². The Kier molecular flexibility index (Phi) is 6.16. The largest absolute Gasteiger partial charge is 0.460 e. The molecule has 3 aromatic rings. The predicted octanol–water partition coefficient (Wildman–Crippen LogP) is 6.07. The Hall–Kier alpha value is -2.49. The minimum atomic E-state index is -0.349. The first-order valence-corrected chi connectivity index (χ1v) is 8.78. The number of ether oxygens (including phenoxy) is 2. The number of para-hydroxylation sites is 2. The predicted molar refractivity (Wildman–Crippen MR) is 103 cm³/mol. The van der Waals surface area contributed by atoms with Gasteiger partial charge in [-0.25, -0.2) is 0 Å². The third-order valence-corrected chi connectivity index (χ3v) is 4.40. The molecule has 3 rings (SSSR count). The fourth-order valence-corrected chi connectivity index (χ4v) is 2.68. The van der Waals surface area contributed by atoms with Crippen LogP contribution in [0, 0.1) is 0 Å². The van der Waals surface area contributed by atoms with Crippen molar-refractivity contribution in [2.24, 2.45) is 0 Å². The van der Waals surface area contributed by atoms with Gasteiger partial charge in [0.05, 0.1) is 16.5 Å². The summed E-state index contributed by atoms with van der Waals surface area (Å²) in [7, 11) is 0. The van der Waals surface area contributed by atoms with Gasteiger partial charge in [-0.15, -0.1) is 0 Å². The van der Waals surface area contributed by atoms with Gasteiger partial charge in [0.25, 0.3) is 0 Å². The Morgan fingerprint density at radius 2 is 1.58 bits per heavy atom. The highest BCUT2D eigenvalue weighted by Gasteiger charge is 2.10. The molecule has 3 aromatic carbocycles. The van der Waals surface area contributed by atoms with E-state index in [1.807, 2.05) is 54.6 Å². The topological polar surface area (TPSA) is 35.5 Å². The minimum Gasteiger partial charge on any atom is -0.460 e. The molecule has 0 saturated heterocycles. The van der Waals surface area contributed by atoms with Gasteiger partial charge in [-0.2, -0.15) is 0 Å². The summed E-state index contributed by atoms with van der Waals surface area (Å²) < 4.78 is 11.3. The lowest BCUT2D eigenvalue weighted by molar-refractivity contribution is -0.144. The van der Waals surface area contributed by atoms with E-state index in [0.717, 1.165) is 16.9 Å². The van der Waals surface area contributed by atoms with E-state index in [0.29, 0.717) is 15.8 Å². The van der Waals surface area contributed by atoms with E-state index in [4.69, 9.17) is 32.7 Å². The molecule has 132 valence electrons. The molecule has 0 aliphatic carbocycles. The zero-order chi connectivity index (χ0) is 18.4. The summed E-state index contributed by atoms with van der Waals surface area (Å²) in [6, 6.07) is 22.0. The van der Waals surface area contributed by atoms with Crippen LogP contribution < -0.4 is 4.74 Å². The van der Waals surface area contributed by atoms with Crippen LogP contribution in [-0.2, 0) is 22.6 Å². The summed E-state index contributed by atoms with van der Waals surface area (Å²) >= 11 is 11.8. The average Bonchev–Trinajstić information content (AvgIpc) is 2.65. The molecule has 0 radical (unpaired) electrons. The van der Waals surface area contributed by atoms with Crippen molar-refractivity contribution in [1.29, 1.82) is 0 Å². The second-order valence-electron chi connectivity index (χ2n) is 5.61. The zero-order valence-corrected chi connectivity index (χ0v) is 15.3. The molecule has 0 bridgehead atoms. The number of esters is 1. The summed E-state index contributed by atoms with van der Waals surface area (Å²) in [6.07, 6.45) is 0.124. The van der Waals surface area contributed by atoms with Crippen LogP contribution in [0.2, 0.25) is 10.0 Å². The van der Waals surface area contributed by atoms with Crippen LogP contribution in [0.3, 0.4) is 0 Å². The lowest BCUT2D eigenvalue weighted by Crippen LogP contribution is -2.08. The van der Waals surface area contributed by atoms with Crippen LogP contribution in [0.5, 0.6) is 11.5 Å². The molecule has 0 fully saturated rings. The molecule has 0 atom stereocenters. The van der Waals surface area contributed by atoms with Gasteiger partial charge in [0.2, 0.25) is 0 Å². The fourth-order valence-electron chi connectivity index (χ4n) is 2.36. The van der Waals surface area contributed by atoms with E-state index in [9.17, 15) is 4.79 Å². The van der Waals surface area contributed by atoms with Crippen LogP contribution >= 0.6 is 23.2 Å². The van der Waals surface area contributed by atoms with Crippen LogP contribution in [0.4, 0.5) is 0 Å². The summed E-state index contributed by atoms with van der Waals surface area (Å²) in [5.41, 5.74) is 1.54. The molecule has 5 heteroatoms. The van der Waals surface area contributed by atoms with E-state index < -0.39 is 0 Å². The fraction of sp³-hybridized carbons (Fsp3) is 0.0952. The second kappa shape index (κ2) is 8.75. The van der Waals surface area contributed by atoms with Crippen molar-refractivity contribution in [2.45, 2.75) is 13.0 Å². The molecule has 0 N–H and O–H groups in total. The van der Waals surface area contributed by atoms with Crippen LogP contribution in [0.1, 0.15) is 11.1 Å². The quantitative estimate of drug-likeness (QED) is 0.482. The SMILES string of the molecule is O=C(Cc1ccc(Cl)c(Cl)c1)OCc1ccccc1Oc1ccccc1. The third-order valence-electron chi connectivity index (χ3n) is 3.66. The molecule has 3 nitrogen and oxygen atoms in total. The maximum Gasteiger partial charge on any atom is 0.310 e. The van der Waals surface area contributed by atoms with Crippen molar-refractivity contribution in [1.82, 2.24) is 0 Å². The lowest BCUT2D eigenvalue weighted by Gasteiger charge is -2.11. The molecule has 0 spiro atoms. The van der Waals surface area contributed by atoms with Crippen molar-refractivity contribution in [3.05, 3.63) is 94.0 Å². The van der Waals surface area contributed by atoms with Crippen molar-refractivity contribution >= 4 is 29.2 Å². The number of halogens is 2. The number of carbonyl (C=O) groups is 1. The van der Waals surface area contributed by atoms with Gasteiger partial charge in [-0.3, -0.25) is 4.79 Å². The summed E-state index contributed by atoms with van der Waals surface area (Å²) in [5.74, 6) is 1.03. The standard InChI is InChI=1S/C21H16Cl2O3/c22-18-11-10-15(12-19(18)23)13-21(24)25-14-16-6-4-5-9-20(16)26-17-7-2-1-3-8-17/h1-12H,13-14H2. The van der Waals surface area contributed by atoms with Gasteiger partial charge >= 0.3 is 5.97 Å². The van der Waals surface area contributed by atoms with E-state index in [1.165, 1.54) is 0 Å². The number of benzene rings is 3. The molecule has 0 aromatic heterocycles. The zero-order valence-electron chi connectivity index (χ0n) is 13.8. The van der Waals surface area contributed by atoms with Crippen molar-refractivity contribution < 1.29 is 14.3 Å². The van der Waals surface area contributed by atoms with Gasteiger partial charge in [0.1, 0.15) is 18.1 Å². The van der Waals surface area contributed by atoms with Crippen molar-refractivity contribution in [3.8, 4) is 11.5 Å². The number of rotatable bonds is 6. The molecule has 0 aliphatic rings. The van der Waals surface area contributed by atoms with E-state index >= 15 is 0 Å². The third kappa shape index (κ3) is 5.01. The number of hydrogen-bond donors (Lipinski definition) is 0. The molecule has 26 heavy (non-hydrogen) atoms. The highest BCUT2D eigenvalue weighted by molar-refractivity contribution is 6.42. The first kappa shape index (κ1) is 18.3. The van der Waals surface area contributed by atoms with Gasteiger partial charge < -0.3 is 9.47 Å². The molecular formula is C21H16Cl2O3. The number of hydrogen-bond acceptors (Lipinski definition) is 3. The molecule has 0 unspecified atom stereocenters. The molecular weight excluding hydrogens is 371 g/mol. The maximum absolute atomic E-state index is 12.1. The Bertz CT molecular complexity index is 895. The van der Waals surface area contributed by atoms with Crippen molar-refractivity contribution in [2.75, 3.05) is 0 Å². The minimum absolute atomic E-state index is 0.124.